The lowest BCUT2D eigenvalue weighted by atomic mass is 9.87. The van der Waals surface area contributed by atoms with Gasteiger partial charge in [-0.25, -0.2) is 18.1 Å². The highest BCUT2D eigenvalue weighted by Crippen LogP contribution is 2.36. The van der Waals surface area contributed by atoms with Gasteiger partial charge in [-0.1, -0.05) is 0 Å². The molecule has 0 spiro atoms. The van der Waals surface area contributed by atoms with E-state index in [4.69, 9.17) is 9.47 Å². The van der Waals surface area contributed by atoms with Crippen molar-refractivity contribution in [3.05, 3.63) is 17.8 Å². The number of ether oxygens (including phenoxy) is 2. The smallest absolute Gasteiger partial charge is 0.390 e. The molecule has 1 aromatic rings. The van der Waals surface area contributed by atoms with E-state index in [0.29, 0.717) is 5.56 Å². The fraction of sp³-hybridized carbons (Fsp3) is 0.643. The summed E-state index contributed by atoms with van der Waals surface area (Å²) < 4.78 is 76.5. The van der Waals surface area contributed by atoms with Gasteiger partial charge in [0.2, 0.25) is 15.9 Å². The third kappa shape index (κ3) is 4.58. The first-order valence-corrected chi connectivity index (χ1v) is 8.74. The molecule has 1 fully saturated rings. The van der Waals surface area contributed by atoms with Gasteiger partial charge >= 0.3 is 6.18 Å². The van der Waals surface area contributed by atoms with E-state index in [1.807, 2.05) is 0 Å². The average Bonchev–Trinajstić information content (AvgIpc) is 2.45. The first-order valence-electron chi connectivity index (χ1n) is 7.26. The number of hydrogen-bond acceptors (Lipinski definition) is 5. The van der Waals surface area contributed by atoms with Gasteiger partial charge in [-0.3, -0.25) is 0 Å². The minimum atomic E-state index is -4.51. The third-order valence-corrected chi connectivity index (χ3v) is 5.35. The Hall–Kier alpha value is -1.39. The Morgan fingerprint density at radius 1 is 1.38 bits per heavy atom. The molecule has 0 unspecified atom stereocenters. The van der Waals surface area contributed by atoms with Crippen molar-refractivity contribution in [1.29, 1.82) is 0 Å². The molecule has 10 heteroatoms. The minimum Gasteiger partial charge on any atom is -0.480 e. The summed E-state index contributed by atoms with van der Waals surface area (Å²) in [5.74, 6) is -0.165. The molecule has 0 amide bonds. The van der Waals surface area contributed by atoms with E-state index in [1.165, 1.54) is 19.4 Å². The Morgan fingerprint density at radius 3 is 2.54 bits per heavy atom. The number of methoxy groups -OCH3 is 1. The van der Waals surface area contributed by atoms with Crippen LogP contribution in [0.2, 0.25) is 0 Å². The molecule has 0 bridgehead atoms. The van der Waals surface area contributed by atoms with Gasteiger partial charge in [-0.15, -0.1) is 0 Å². The molecule has 2 heterocycles. The number of sulfonamides is 1. The van der Waals surface area contributed by atoms with Crippen molar-refractivity contribution < 1.29 is 31.1 Å². The number of alkyl halides is 3. The van der Waals surface area contributed by atoms with Crippen molar-refractivity contribution in [2.75, 3.05) is 20.3 Å². The first-order chi connectivity index (χ1) is 11.1. The molecule has 2 rings (SSSR count). The summed E-state index contributed by atoms with van der Waals surface area (Å²) in [7, 11) is -3.00. The van der Waals surface area contributed by atoms with Crippen LogP contribution in [0.4, 0.5) is 13.2 Å². The molecule has 1 aliphatic rings. The number of halogens is 3. The maximum atomic E-state index is 13.0. The number of aryl methyl sites for hydroxylation is 1. The third-order valence-electron chi connectivity index (χ3n) is 3.78. The van der Waals surface area contributed by atoms with Crippen LogP contribution in [-0.4, -0.2) is 45.4 Å². The van der Waals surface area contributed by atoms with Gasteiger partial charge in [0.1, 0.15) is 4.90 Å². The molecule has 1 N–H and O–H groups in total. The normalized spacial score (nSPS) is 18.4. The lowest BCUT2D eigenvalue weighted by Gasteiger charge is -2.38. The molecule has 1 aromatic heterocycles. The van der Waals surface area contributed by atoms with Crippen LogP contribution >= 0.6 is 0 Å². The second-order valence-corrected chi connectivity index (χ2v) is 7.46. The Bertz CT molecular complexity index is 686. The summed E-state index contributed by atoms with van der Waals surface area (Å²) in [6, 6.07) is 1.31. The van der Waals surface area contributed by atoms with Crippen LogP contribution in [0.1, 0.15) is 24.8 Å². The predicted molar refractivity (Wildman–Crippen MR) is 79.3 cm³/mol. The highest BCUT2D eigenvalue weighted by molar-refractivity contribution is 7.89. The van der Waals surface area contributed by atoms with Crippen molar-refractivity contribution >= 4 is 10.0 Å². The van der Waals surface area contributed by atoms with Crippen LogP contribution in [0.5, 0.6) is 5.88 Å². The van der Waals surface area contributed by atoms with Gasteiger partial charge < -0.3 is 9.47 Å². The van der Waals surface area contributed by atoms with Crippen molar-refractivity contribution in [3.63, 3.8) is 0 Å². The second kappa shape index (κ2) is 6.85. The Balaban J connectivity index is 2.39. The fourth-order valence-electron chi connectivity index (χ4n) is 2.68. The van der Waals surface area contributed by atoms with E-state index in [0.717, 1.165) is 0 Å². The summed E-state index contributed by atoms with van der Waals surface area (Å²) in [5.41, 5.74) is -1.09. The van der Waals surface area contributed by atoms with Gasteiger partial charge in [-0.05, 0) is 31.4 Å². The van der Waals surface area contributed by atoms with Crippen molar-refractivity contribution in [3.8, 4) is 5.88 Å². The summed E-state index contributed by atoms with van der Waals surface area (Å²) in [6.07, 6.45) is -4.47. The van der Waals surface area contributed by atoms with E-state index < -0.39 is 28.2 Å². The monoisotopic (exact) mass is 368 g/mol. The summed E-state index contributed by atoms with van der Waals surface area (Å²) in [4.78, 5) is 3.59. The molecule has 0 atom stereocenters. The van der Waals surface area contributed by atoms with Crippen LogP contribution in [0.15, 0.2) is 17.2 Å². The number of hydrogen-bond donors (Lipinski definition) is 1. The molecular formula is C14H19F3N2O4S. The van der Waals surface area contributed by atoms with E-state index in [1.54, 1.807) is 6.92 Å². The Morgan fingerprint density at radius 2 is 2.00 bits per heavy atom. The molecule has 136 valence electrons. The standard InChI is InChI=1S/C14H19F3N2O4S/c1-10-7-11(12(22-2)18-8-10)24(20,21)19-13(9-14(15,16)17)3-5-23-6-4-13/h7-8,19H,3-6,9H2,1-2H3. The van der Waals surface area contributed by atoms with Gasteiger partial charge in [0.15, 0.2) is 0 Å². The van der Waals surface area contributed by atoms with Gasteiger partial charge in [-0.2, -0.15) is 13.2 Å². The molecule has 1 aliphatic heterocycles. The van der Waals surface area contributed by atoms with E-state index in [-0.39, 0.29) is 36.8 Å². The zero-order chi connectivity index (χ0) is 18.0. The zero-order valence-electron chi connectivity index (χ0n) is 13.3. The highest BCUT2D eigenvalue weighted by Gasteiger charge is 2.46. The van der Waals surface area contributed by atoms with E-state index >= 15 is 0 Å². The van der Waals surface area contributed by atoms with Gasteiger partial charge in [0.25, 0.3) is 0 Å². The zero-order valence-corrected chi connectivity index (χ0v) is 14.1. The van der Waals surface area contributed by atoms with E-state index in [9.17, 15) is 21.6 Å². The van der Waals surface area contributed by atoms with Crippen molar-refractivity contribution in [2.45, 2.75) is 42.8 Å². The second-order valence-electron chi connectivity index (χ2n) is 5.81. The summed E-state index contributed by atoms with van der Waals surface area (Å²) >= 11 is 0. The lowest BCUT2D eigenvalue weighted by molar-refractivity contribution is -0.155. The van der Waals surface area contributed by atoms with Crippen LogP contribution < -0.4 is 9.46 Å². The molecule has 24 heavy (non-hydrogen) atoms. The average molecular weight is 368 g/mol. The van der Waals surface area contributed by atoms with Crippen LogP contribution in [-0.2, 0) is 14.8 Å². The number of aromatic nitrogens is 1. The Labute approximate surface area is 138 Å². The maximum absolute atomic E-state index is 13.0. The fourth-order valence-corrected chi connectivity index (χ4v) is 4.34. The molecule has 0 aliphatic carbocycles. The van der Waals surface area contributed by atoms with Crippen LogP contribution in [0.25, 0.3) is 0 Å². The molecular weight excluding hydrogens is 349 g/mol. The van der Waals surface area contributed by atoms with Crippen LogP contribution in [0.3, 0.4) is 0 Å². The molecule has 0 aromatic carbocycles. The van der Waals surface area contributed by atoms with Gasteiger partial charge in [0.05, 0.1) is 13.5 Å². The first kappa shape index (κ1) is 18.9. The van der Waals surface area contributed by atoms with Crippen molar-refractivity contribution in [1.82, 2.24) is 9.71 Å². The highest BCUT2D eigenvalue weighted by atomic mass is 32.2. The Kier molecular flexibility index (Phi) is 5.41. The molecule has 1 saturated heterocycles. The SMILES string of the molecule is COc1ncc(C)cc1S(=O)(=O)NC1(CC(F)(F)F)CCOCC1. The lowest BCUT2D eigenvalue weighted by Crippen LogP contribution is -2.54. The quantitative estimate of drug-likeness (QED) is 0.862. The molecule has 6 nitrogen and oxygen atoms in total. The predicted octanol–water partition coefficient (Wildman–Crippen LogP) is 2.18. The largest absolute Gasteiger partial charge is 0.480 e. The number of nitrogens with one attached hydrogen (secondary N) is 1. The minimum absolute atomic E-state index is 0.0573. The van der Waals surface area contributed by atoms with Crippen LogP contribution in [0, 0.1) is 6.92 Å². The molecule has 0 saturated carbocycles. The number of pyridine rings is 1. The number of rotatable bonds is 5. The van der Waals surface area contributed by atoms with E-state index in [2.05, 4.69) is 9.71 Å². The number of nitrogens with zero attached hydrogens (tertiary/aromatic N) is 1. The van der Waals surface area contributed by atoms with Crippen molar-refractivity contribution in [2.24, 2.45) is 0 Å². The maximum Gasteiger partial charge on any atom is 0.390 e. The van der Waals surface area contributed by atoms with Gasteiger partial charge in [0, 0.05) is 24.9 Å². The summed E-state index contributed by atoms with van der Waals surface area (Å²) in [5, 5.41) is 0. The summed E-state index contributed by atoms with van der Waals surface area (Å²) in [6.45, 7) is 1.75. The molecule has 0 radical (unpaired) electrons. The topological polar surface area (TPSA) is 77.5 Å².